The molecule has 6 N–H and O–H groups in total. The lowest BCUT2D eigenvalue weighted by molar-refractivity contribution is -0.137. The topological polar surface area (TPSA) is 172 Å². The first-order valence-corrected chi connectivity index (χ1v) is 16.5. The third kappa shape index (κ3) is 12.5. The molecule has 2 amide bonds. The number of aromatic nitrogens is 3. The maximum atomic E-state index is 12.8. The highest BCUT2D eigenvalue weighted by Crippen LogP contribution is 2.29. The van der Waals surface area contributed by atoms with Crippen LogP contribution in [0.5, 0.6) is 5.75 Å². The van der Waals surface area contributed by atoms with E-state index in [0.717, 1.165) is 12.1 Å². The molecule has 0 unspecified atom stereocenters. The Labute approximate surface area is 303 Å². The summed E-state index contributed by atoms with van der Waals surface area (Å²) in [6.45, 7) is 2.16. The minimum atomic E-state index is -4.43. The molecule has 0 bridgehead atoms. The molecule has 5 rings (SSSR count). The quantitative estimate of drug-likeness (QED) is 0.0469. The number of hydrogen-bond donors (Lipinski definition) is 6. The maximum absolute atomic E-state index is 12.8. The van der Waals surface area contributed by atoms with Crippen LogP contribution in [-0.4, -0.2) is 71.4 Å². The number of nitrogens with zero attached hydrogens (tertiary/aromatic N) is 3. The van der Waals surface area contributed by atoms with E-state index >= 15 is 0 Å². The Morgan fingerprint density at radius 1 is 0.604 bits per heavy atom. The molecular formula is C37H37F3N8O5. The lowest BCUT2D eigenvalue weighted by Crippen LogP contribution is -2.27. The number of phenols is 1. The van der Waals surface area contributed by atoms with Crippen molar-refractivity contribution in [3.05, 3.63) is 125 Å². The normalized spacial score (nSPS) is 11.1. The van der Waals surface area contributed by atoms with Gasteiger partial charge in [-0.05, 0) is 78.4 Å². The molecule has 1 aromatic heterocycles. The maximum Gasteiger partial charge on any atom is 0.416 e. The number of hydrogen-bond acceptors (Lipinski definition) is 11. The fourth-order valence-electron chi connectivity index (χ4n) is 4.66. The van der Waals surface area contributed by atoms with Crippen molar-refractivity contribution in [3.63, 3.8) is 0 Å². The van der Waals surface area contributed by atoms with Crippen LogP contribution in [-0.2, 0) is 22.2 Å². The first-order chi connectivity index (χ1) is 25.6. The van der Waals surface area contributed by atoms with E-state index in [1.807, 2.05) is 6.07 Å². The number of aromatic hydroxyl groups is 1. The number of phenolic OH excluding ortho intramolecular Hbond substituents is 1. The van der Waals surface area contributed by atoms with Crippen LogP contribution in [0.25, 0.3) is 0 Å². The number of nitrogens with one attached hydrogen (secondary N) is 5. The van der Waals surface area contributed by atoms with Gasteiger partial charge in [0.05, 0.1) is 32.0 Å². The molecular weight excluding hydrogens is 693 g/mol. The number of anilines is 5. The zero-order chi connectivity index (χ0) is 37.5. The predicted octanol–water partition coefficient (Wildman–Crippen LogP) is 5.89. The highest BCUT2D eigenvalue weighted by Gasteiger charge is 2.29. The second-order valence-corrected chi connectivity index (χ2v) is 11.3. The van der Waals surface area contributed by atoms with Crippen LogP contribution in [0.15, 0.2) is 103 Å². The van der Waals surface area contributed by atoms with E-state index in [1.54, 1.807) is 60.7 Å². The average Bonchev–Trinajstić information content (AvgIpc) is 3.16. The SMILES string of the molecule is O=C(NCCOCCOCCNc1nc(Nc2ccc(O)cc2)nc(Nc2ccc(C(=O)NCc3ccc(C(F)(F)F)cc3)cc2)n1)c1ccccc1. The predicted molar refractivity (Wildman–Crippen MR) is 192 cm³/mol. The summed E-state index contributed by atoms with van der Waals surface area (Å²) in [6.07, 6.45) is -4.43. The number of alkyl halides is 3. The Morgan fingerprint density at radius 3 is 1.74 bits per heavy atom. The van der Waals surface area contributed by atoms with Gasteiger partial charge in [-0.1, -0.05) is 30.3 Å². The van der Waals surface area contributed by atoms with E-state index < -0.39 is 17.6 Å². The van der Waals surface area contributed by atoms with Crippen molar-refractivity contribution in [2.24, 2.45) is 0 Å². The molecule has 0 saturated carbocycles. The summed E-state index contributed by atoms with van der Waals surface area (Å²) in [5.41, 5.74) is 1.89. The van der Waals surface area contributed by atoms with Gasteiger partial charge in [-0.2, -0.15) is 28.1 Å². The van der Waals surface area contributed by atoms with Crippen LogP contribution in [0.1, 0.15) is 31.8 Å². The zero-order valence-electron chi connectivity index (χ0n) is 28.3. The molecule has 0 aliphatic rings. The van der Waals surface area contributed by atoms with Crippen LogP contribution in [0.2, 0.25) is 0 Å². The number of ether oxygens (including phenoxy) is 2. The second kappa shape index (κ2) is 18.8. The molecule has 16 heteroatoms. The molecule has 0 saturated heterocycles. The molecule has 53 heavy (non-hydrogen) atoms. The van der Waals surface area contributed by atoms with Gasteiger partial charge < -0.3 is 41.2 Å². The molecule has 0 atom stereocenters. The largest absolute Gasteiger partial charge is 0.508 e. The summed E-state index contributed by atoms with van der Waals surface area (Å²) in [5, 5.41) is 24.4. The molecule has 0 spiro atoms. The molecule has 5 aromatic rings. The van der Waals surface area contributed by atoms with Crippen molar-refractivity contribution in [2.75, 3.05) is 55.5 Å². The minimum Gasteiger partial charge on any atom is -0.508 e. The Bertz CT molecular complexity index is 1920. The van der Waals surface area contributed by atoms with Gasteiger partial charge in [-0.25, -0.2) is 0 Å². The Balaban J connectivity index is 1.09. The van der Waals surface area contributed by atoms with E-state index in [0.29, 0.717) is 67.6 Å². The molecule has 13 nitrogen and oxygen atoms in total. The van der Waals surface area contributed by atoms with Crippen LogP contribution in [0.3, 0.4) is 0 Å². The van der Waals surface area contributed by atoms with Crippen LogP contribution in [0, 0.1) is 0 Å². The van der Waals surface area contributed by atoms with E-state index in [1.165, 1.54) is 24.3 Å². The van der Waals surface area contributed by atoms with Crippen molar-refractivity contribution in [2.45, 2.75) is 12.7 Å². The summed E-state index contributed by atoms with van der Waals surface area (Å²) in [5.74, 6) is 0.196. The monoisotopic (exact) mass is 730 g/mol. The van der Waals surface area contributed by atoms with E-state index in [9.17, 15) is 27.9 Å². The number of halogens is 3. The first-order valence-electron chi connectivity index (χ1n) is 16.5. The van der Waals surface area contributed by atoms with E-state index in [4.69, 9.17) is 9.47 Å². The fourth-order valence-corrected chi connectivity index (χ4v) is 4.66. The highest BCUT2D eigenvalue weighted by atomic mass is 19.4. The van der Waals surface area contributed by atoms with Crippen molar-refractivity contribution >= 4 is 41.0 Å². The van der Waals surface area contributed by atoms with Gasteiger partial charge in [0.1, 0.15) is 5.75 Å². The molecule has 0 radical (unpaired) electrons. The third-order valence-corrected chi connectivity index (χ3v) is 7.37. The Hall–Kier alpha value is -6.26. The summed E-state index contributed by atoms with van der Waals surface area (Å²) >= 11 is 0. The summed E-state index contributed by atoms with van der Waals surface area (Å²) < 4.78 is 49.6. The molecule has 0 aliphatic carbocycles. The van der Waals surface area contributed by atoms with Gasteiger partial charge in [-0.15, -0.1) is 0 Å². The van der Waals surface area contributed by atoms with Crippen molar-refractivity contribution in [1.82, 2.24) is 25.6 Å². The number of carbonyl (C=O) groups excluding carboxylic acids is 2. The number of benzene rings is 4. The highest BCUT2D eigenvalue weighted by molar-refractivity contribution is 5.94. The summed E-state index contributed by atoms with van der Waals surface area (Å²) in [6, 6.07) is 26.4. The summed E-state index contributed by atoms with van der Waals surface area (Å²) in [7, 11) is 0. The van der Waals surface area contributed by atoms with E-state index in [2.05, 4.69) is 41.5 Å². The van der Waals surface area contributed by atoms with Crippen LogP contribution >= 0.6 is 0 Å². The van der Waals surface area contributed by atoms with E-state index in [-0.39, 0.29) is 36.0 Å². The molecule has 1 heterocycles. The Morgan fingerprint density at radius 2 is 1.13 bits per heavy atom. The van der Waals surface area contributed by atoms with Gasteiger partial charge in [0.2, 0.25) is 17.8 Å². The standard InChI is InChI=1S/C37H37F3N8O5/c38-37(39,40)28-10-6-25(7-11-28)24-43-33(51)27-8-12-29(13-9-27)44-35-46-34(47-36(48-35)45-30-14-16-31(49)17-15-30)42-19-21-53-23-22-52-20-18-41-32(50)26-4-2-1-3-5-26/h1-17,49H,18-24H2,(H,41,50)(H,43,51)(H3,42,44,45,46,47,48). The summed E-state index contributed by atoms with van der Waals surface area (Å²) in [4.78, 5) is 38.0. The molecule has 4 aromatic carbocycles. The zero-order valence-corrected chi connectivity index (χ0v) is 28.3. The fraction of sp³-hybridized carbons (Fsp3) is 0.216. The Kier molecular flexibility index (Phi) is 13.5. The third-order valence-electron chi connectivity index (χ3n) is 7.37. The van der Waals surface area contributed by atoms with Crippen LogP contribution < -0.4 is 26.6 Å². The van der Waals surface area contributed by atoms with Gasteiger partial charge in [0.25, 0.3) is 11.8 Å². The average molecular weight is 731 g/mol. The van der Waals surface area contributed by atoms with Crippen molar-refractivity contribution in [3.8, 4) is 5.75 Å². The molecule has 0 aliphatic heterocycles. The first kappa shape index (κ1) is 38.0. The molecule has 276 valence electrons. The van der Waals surface area contributed by atoms with Crippen LogP contribution in [0.4, 0.5) is 42.4 Å². The van der Waals surface area contributed by atoms with Crippen molar-refractivity contribution < 1.29 is 37.3 Å². The van der Waals surface area contributed by atoms with Gasteiger partial charge in [0.15, 0.2) is 0 Å². The van der Waals surface area contributed by atoms with Gasteiger partial charge >= 0.3 is 6.18 Å². The van der Waals surface area contributed by atoms with Gasteiger partial charge in [0, 0.05) is 42.1 Å². The lowest BCUT2D eigenvalue weighted by Gasteiger charge is -2.12. The molecule has 0 fully saturated rings. The lowest BCUT2D eigenvalue weighted by atomic mass is 10.1. The smallest absolute Gasteiger partial charge is 0.416 e. The minimum absolute atomic E-state index is 0.0592. The number of carbonyl (C=O) groups is 2. The van der Waals surface area contributed by atoms with Crippen molar-refractivity contribution in [1.29, 1.82) is 0 Å². The number of amides is 2. The second-order valence-electron chi connectivity index (χ2n) is 11.3. The van der Waals surface area contributed by atoms with Gasteiger partial charge in [-0.3, -0.25) is 9.59 Å². The number of rotatable bonds is 18.